The lowest BCUT2D eigenvalue weighted by Gasteiger charge is -2.32. The second-order valence-corrected chi connectivity index (χ2v) is 4.19. The van der Waals surface area contributed by atoms with Crippen molar-refractivity contribution in [3.8, 4) is 5.75 Å². The number of ether oxygens (including phenoxy) is 1. The summed E-state index contributed by atoms with van der Waals surface area (Å²) in [5, 5.41) is 9.86. The smallest absolute Gasteiger partial charge is 0.123 e. The largest absolute Gasteiger partial charge is 0.491 e. The van der Waals surface area contributed by atoms with Crippen molar-refractivity contribution in [2.75, 3.05) is 6.61 Å². The van der Waals surface area contributed by atoms with Crippen LogP contribution in [0.25, 0.3) is 0 Å². The molecule has 0 aromatic heterocycles. The fraction of sp³-hybridized carbons (Fsp3) is 0.500. The summed E-state index contributed by atoms with van der Waals surface area (Å²) in [7, 11) is 0. The van der Waals surface area contributed by atoms with Gasteiger partial charge < -0.3 is 9.84 Å². The Morgan fingerprint density at radius 3 is 2.79 bits per heavy atom. The van der Waals surface area contributed by atoms with E-state index in [1.54, 1.807) is 0 Å². The van der Waals surface area contributed by atoms with Gasteiger partial charge in [-0.3, -0.25) is 0 Å². The van der Waals surface area contributed by atoms with E-state index in [1.165, 1.54) is 0 Å². The fourth-order valence-electron chi connectivity index (χ4n) is 2.18. The molecule has 0 bridgehead atoms. The zero-order valence-electron chi connectivity index (χ0n) is 8.60. The van der Waals surface area contributed by atoms with E-state index in [2.05, 4.69) is 13.8 Å². The average Bonchev–Trinajstić information content (AvgIpc) is 2.17. The van der Waals surface area contributed by atoms with Crippen LogP contribution in [0.5, 0.6) is 5.75 Å². The Balaban J connectivity index is 2.41. The molecule has 1 heterocycles. The molecule has 0 radical (unpaired) electrons. The zero-order valence-corrected chi connectivity index (χ0v) is 8.60. The van der Waals surface area contributed by atoms with Crippen LogP contribution in [-0.2, 0) is 0 Å². The number of hydrogen-bond donors (Lipinski definition) is 1. The number of fused-ring (bicyclic) bond motifs is 1. The Labute approximate surface area is 84.5 Å². The van der Waals surface area contributed by atoms with Crippen molar-refractivity contribution in [2.45, 2.75) is 25.9 Å². The van der Waals surface area contributed by atoms with Crippen LogP contribution in [0.3, 0.4) is 0 Å². The van der Waals surface area contributed by atoms with E-state index in [0.717, 1.165) is 11.3 Å². The number of aliphatic hydroxyl groups excluding tert-OH is 1. The van der Waals surface area contributed by atoms with Crippen LogP contribution < -0.4 is 4.74 Å². The van der Waals surface area contributed by atoms with Gasteiger partial charge in [0.2, 0.25) is 0 Å². The molecule has 1 aliphatic rings. The lowest BCUT2D eigenvalue weighted by Crippen LogP contribution is -2.33. The van der Waals surface area contributed by atoms with Gasteiger partial charge in [0.1, 0.15) is 12.4 Å². The van der Waals surface area contributed by atoms with Crippen molar-refractivity contribution in [2.24, 2.45) is 5.92 Å². The summed E-state index contributed by atoms with van der Waals surface area (Å²) < 4.78 is 5.47. The third-order valence-corrected chi connectivity index (χ3v) is 2.82. The molecule has 76 valence electrons. The highest BCUT2D eigenvalue weighted by atomic mass is 16.5. The molecule has 2 rings (SSSR count). The topological polar surface area (TPSA) is 29.5 Å². The molecule has 0 saturated heterocycles. The van der Waals surface area contributed by atoms with Crippen LogP contribution in [-0.4, -0.2) is 17.8 Å². The Kier molecular flexibility index (Phi) is 2.46. The SMILES string of the molecule is CC(C)[C@H]1c2ccccc2OC[C@H]1O. The lowest BCUT2D eigenvalue weighted by molar-refractivity contribution is 0.0516. The molecule has 14 heavy (non-hydrogen) atoms. The van der Waals surface area contributed by atoms with Crippen LogP contribution >= 0.6 is 0 Å². The maximum absolute atomic E-state index is 9.86. The van der Waals surface area contributed by atoms with Crippen LogP contribution in [0.15, 0.2) is 24.3 Å². The van der Waals surface area contributed by atoms with E-state index in [-0.39, 0.29) is 12.0 Å². The minimum atomic E-state index is -0.370. The predicted octanol–water partition coefficient (Wildman–Crippen LogP) is 2.18. The Morgan fingerprint density at radius 2 is 2.07 bits per heavy atom. The van der Waals surface area contributed by atoms with E-state index in [1.807, 2.05) is 24.3 Å². The molecule has 0 amide bonds. The van der Waals surface area contributed by atoms with Gasteiger partial charge in [0, 0.05) is 11.5 Å². The number of aliphatic hydroxyl groups is 1. The molecule has 0 saturated carbocycles. The molecule has 2 atom stereocenters. The van der Waals surface area contributed by atoms with Crippen LogP contribution in [0.1, 0.15) is 25.3 Å². The summed E-state index contributed by atoms with van der Waals surface area (Å²) in [6, 6.07) is 7.97. The van der Waals surface area contributed by atoms with Crippen LogP contribution in [0.2, 0.25) is 0 Å². The van der Waals surface area contributed by atoms with Crippen molar-refractivity contribution >= 4 is 0 Å². The number of benzene rings is 1. The molecular formula is C12H16O2. The van der Waals surface area contributed by atoms with Gasteiger partial charge in [0.25, 0.3) is 0 Å². The zero-order chi connectivity index (χ0) is 10.1. The van der Waals surface area contributed by atoms with Gasteiger partial charge in [-0.1, -0.05) is 32.0 Å². The van der Waals surface area contributed by atoms with E-state index in [9.17, 15) is 5.11 Å². The highest BCUT2D eigenvalue weighted by Crippen LogP contribution is 2.37. The minimum Gasteiger partial charge on any atom is -0.491 e. The molecule has 1 aromatic rings. The highest BCUT2D eigenvalue weighted by molar-refractivity contribution is 5.39. The molecule has 0 aliphatic carbocycles. The van der Waals surface area contributed by atoms with Crippen molar-refractivity contribution in [1.82, 2.24) is 0 Å². The summed E-state index contributed by atoms with van der Waals surface area (Å²) in [5.41, 5.74) is 1.14. The molecule has 0 spiro atoms. The van der Waals surface area contributed by atoms with E-state index >= 15 is 0 Å². The first-order valence-electron chi connectivity index (χ1n) is 5.10. The van der Waals surface area contributed by atoms with Crippen molar-refractivity contribution in [3.05, 3.63) is 29.8 Å². The Hall–Kier alpha value is -1.02. The maximum Gasteiger partial charge on any atom is 0.123 e. The quantitative estimate of drug-likeness (QED) is 0.739. The third-order valence-electron chi connectivity index (χ3n) is 2.82. The van der Waals surface area contributed by atoms with Crippen molar-refractivity contribution in [1.29, 1.82) is 0 Å². The molecule has 2 heteroatoms. The van der Waals surface area contributed by atoms with Gasteiger partial charge in [0.05, 0.1) is 6.10 Å². The van der Waals surface area contributed by atoms with Crippen molar-refractivity contribution in [3.63, 3.8) is 0 Å². The van der Waals surface area contributed by atoms with Gasteiger partial charge in [-0.05, 0) is 12.0 Å². The van der Waals surface area contributed by atoms with Gasteiger partial charge in [-0.15, -0.1) is 0 Å². The fourth-order valence-corrected chi connectivity index (χ4v) is 2.18. The average molecular weight is 192 g/mol. The molecule has 0 fully saturated rings. The van der Waals surface area contributed by atoms with E-state index in [0.29, 0.717) is 12.5 Å². The van der Waals surface area contributed by atoms with Gasteiger partial charge in [0.15, 0.2) is 0 Å². The first kappa shape index (κ1) is 9.53. The summed E-state index contributed by atoms with van der Waals surface area (Å²) in [4.78, 5) is 0. The number of hydrogen-bond acceptors (Lipinski definition) is 2. The van der Waals surface area contributed by atoms with E-state index < -0.39 is 0 Å². The normalized spacial score (nSPS) is 25.7. The molecule has 1 aromatic carbocycles. The Morgan fingerprint density at radius 1 is 1.36 bits per heavy atom. The molecular weight excluding hydrogens is 176 g/mol. The summed E-state index contributed by atoms with van der Waals surface area (Å²) in [6.45, 7) is 4.69. The van der Waals surface area contributed by atoms with Gasteiger partial charge in [-0.2, -0.15) is 0 Å². The maximum atomic E-state index is 9.86. The molecule has 1 aliphatic heterocycles. The van der Waals surface area contributed by atoms with E-state index in [4.69, 9.17) is 4.74 Å². The van der Waals surface area contributed by atoms with Gasteiger partial charge >= 0.3 is 0 Å². The lowest BCUT2D eigenvalue weighted by atomic mass is 9.82. The minimum absolute atomic E-state index is 0.208. The summed E-state index contributed by atoms with van der Waals surface area (Å²) >= 11 is 0. The molecule has 2 nitrogen and oxygen atoms in total. The number of rotatable bonds is 1. The summed E-state index contributed by atoms with van der Waals surface area (Å²) in [6.07, 6.45) is -0.370. The van der Waals surface area contributed by atoms with Gasteiger partial charge in [-0.25, -0.2) is 0 Å². The second kappa shape index (κ2) is 3.62. The first-order valence-corrected chi connectivity index (χ1v) is 5.10. The first-order chi connectivity index (χ1) is 6.70. The number of para-hydroxylation sites is 1. The standard InChI is InChI=1S/C12H16O2/c1-8(2)12-9-5-3-4-6-11(9)14-7-10(12)13/h3-6,8,10,12-13H,7H2,1-2H3/t10-,12+/m1/s1. The highest BCUT2D eigenvalue weighted by Gasteiger charge is 2.31. The Bertz CT molecular complexity index is 320. The summed E-state index contributed by atoms with van der Waals surface area (Å²) in [5.74, 6) is 1.58. The third kappa shape index (κ3) is 1.50. The molecule has 1 N–H and O–H groups in total. The van der Waals surface area contributed by atoms with Crippen LogP contribution in [0, 0.1) is 5.92 Å². The second-order valence-electron chi connectivity index (χ2n) is 4.19. The van der Waals surface area contributed by atoms with Crippen LogP contribution in [0.4, 0.5) is 0 Å². The predicted molar refractivity (Wildman–Crippen MR) is 55.5 cm³/mol. The van der Waals surface area contributed by atoms with Crippen molar-refractivity contribution < 1.29 is 9.84 Å². The monoisotopic (exact) mass is 192 g/mol. The molecule has 0 unspecified atom stereocenters.